The molecule has 1 aromatic carbocycles. The Kier molecular flexibility index (Phi) is 5.62. The van der Waals surface area contributed by atoms with Gasteiger partial charge in [-0.25, -0.2) is 4.98 Å². The van der Waals surface area contributed by atoms with Crippen LogP contribution in [0.25, 0.3) is 10.8 Å². The predicted octanol–water partition coefficient (Wildman–Crippen LogP) is 4.76. The molecule has 2 N–H and O–H groups in total. The Balaban J connectivity index is 1.83. The summed E-state index contributed by atoms with van der Waals surface area (Å²) in [5, 5.41) is 8.18. The third-order valence-corrected chi connectivity index (χ3v) is 4.67. The van der Waals surface area contributed by atoms with Crippen molar-refractivity contribution in [3.8, 4) is 10.8 Å². The minimum absolute atomic E-state index is 0.0328. The number of hydrogen-bond acceptors (Lipinski definition) is 5. The van der Waals surface area contributed by atoms with Crippen molar-refractivity contribution in [1.29, 1.82) is 0 Å². The van der Waals surface area contributed by atoms with Gasteiger partial charge in [-0.2, -0.15) is 0 Å². The first kappa shape index (κ1) is 19.1. The van der Waals surface area contributed by atoms with Gasteiger partial charge in [0.05, 0.1) is 11.3 Å². The molecule has 2 heterocycles. The summed E-state index contributed by atoms with van der Waals surface area (Å²) in [4.78, 5) is 29.3. The highest BCUT2D eigenvalue weighted by molar-refractivity contribution is 7.13. The van der Waals surface area contributed by atoms with Crippen LogP contribution in [0.15, 0.2) is 40.1 Å². The molecule has 2 amide bonds. The second-order valence-corrected chi connectivity index (χ2v) is 7.51. The summed E-state index contributed by atoms with van der Waals surface area (Å²) in [5.41, 5.74) is 0.895. The van der Waals surface area contributed by atoms with Crippen LogP contribution in [0, 0.1) is 6.92 Å². The quantitative estimate of drug-likeness (QED) is 0.643. The summed E-state index contributed by atoms with van der Waals surface area (Å²) in [6.07, 6.45) is 0. The highest BCUT2D eigenvalue weighted by Crippen LogP contribution is 2.27. The van der Waals surface area contributed by atoms with Gasteiger partial charge in [-0.05, 0) is 51.1 Å². The minimum Gasteiger partial charge on any atom is -0.459 e. The Morgan fingerprint density at radius 1 is 1.19 bits per heavy atom. The van der Waals surface area contributed by atoms with Crippen LogP contribution in [0.2, 0.25) is 5.02 Å². The van der Waals surface area contributed by atoms with Crippen molar-refractivity contribution in [3.63, 3.8) is 0 Å². The molecular formula is C19H18ClN3O3S. The normalized spacial score (nSPS) is 10.9. The Hall–Kier alpha value is -2.64. The van der Waals surface area contributed by atoms with Crippen LogP contribution < -0.4 is 10.6 Å². The Morgan fingerprint density at radius 3 is 2.63 bits per heavy atom. The first-order valence-electron chi connectivity index (χ1n) is 8.27. The lowest BCUT2D eigenvalue weighted by molar-refractivity contribution is 0.0944. The molecule has 3 rings (SSSR count). The maximum atomic E-state index is 12.6. The number of nitrogens with one attached hydrogen (secondary N) is 2. The summed E-state index contributed by atoms with van der Waals surface area (Å²) in [5.74, 6) is 0.658. The zero-order chi connectivity index (χ0) is 19.6. The van der Waals surface area contributed by atoms with Gasteiger partial charge in [-0.1, -0.05) is 11.6 Å². The van der Waals surface area contributed by atoms with Crippen LogP contribution in [0.4, 0.5) is 5.69 Å². The molecule has 0 aliphatic heterocycles. The van der Waals surface area contributed by atoms with Gasteiger partial charge in [0.15, 0.2) is 10.8 Å². The standard InChI is InChI=1S/C19H18ClN3O3S/c1-10(2)21-17(24)13-6-5-12(20)8-14(13)22-18(25)15-9-27-19(23-15)16-7-4-11(3)26-16/h4-10H,1-3H3,(H,21,24)(H,22,25). The molecule has 0 unspecified atom stereocenters. The number of carbonyl (C=O) groups is 2. The number of rotatable bonds is 5. The predicted molar refractivity (Wildman–Crippen MR) is 107 cm³/mol. The van der Waals surface area contributed by atoms with Crippen LogP contribution >= 0.6 is 22.9 Å². The molecule has 0 spiro atoms. The molecular weight excluding hydrogens is 386 g/mol. The first-order chi connectivity index (χ1) is 12.8. The maximum absolute atomic E-state index is 12.6. The summed E-state index contributed by atoms with van der Waals surface area (Å²) in [7, 11) is 0. The third-order valence-electron chi connectivity index (χ3n) is 3.58. The zero-order valence-electron chi connectivity index (χ0n) is 15.0. The van der Waals surface area contributed by atoms with Crippen molar-refractivity contribution in [2.75, 3.05) is 5.32 Å². The lowest BCUT2D eigenvalue weighted by atomic mass is 10.1. The number of hydrogen-bond donors (Lipinski definition) is 2. The molecule has 0 aliphatic rings. The SMILES string of the molecule is Cc1ccc(-c2nc(C(=O)Nc3cc(Cl)ccc3C(=O)NC(C)C)cs2)o1. The average molecular weight is 404 g/mol. The van der Waals surface area contributed by atoms with Crippen LogP contribution in [-0.4, -0.2) is 22.8 Å². The lowest BCUT2D eigenvalue weighted by Gasteiger charge is -2.13. The number of halogens is 1. The largest absolute Gasteiger partial charge is 0.459 e. The van der Waals surface area contributed by atoms with E-state index in [1.807, 2.05) is 26.8 Å². The molecule has 140 valence electrons. The first-order valence-corrected chi connectivity index (χ1v) is 9.53. The van der Waals surface area contributed by atoms with Crippen LogP contribution in [0.5, 0.6) is 0 Å². The summed E-state index contributed by atoms with van der Waals surface area (Å²) in [6.45, 7) is 5.56. The van der Waals surface area contributed by atoms with Gasteiger partial charge in [-0.3, -0.25) is 9.59 Å². The van der Waals surface area contributed by atoms with E-state index in [-0.39, 0.29) is 17.6 Å². The van der Waals surface area contributed by atoms with E-state index in [4.69, 9.17) is 16.0 Å². The van der Waals surface area contributed by atoms with E-state index in [1.54, 1.807) is 23.6 Å². The Bertz CT molecular complexity index is 994. The van der Waals surface area contributed by atoms with Gasteiger partial charge >= 0.3 is 0 Å². The molecule has 0 atom stereocenters. The molecule has 0 saturated heterocycles. The molecule has 3 aromatic rings. The van der Waals surface area contributed by atoms with Crippen LogP contribution in [-0.2, 0) is 0 Å². The summed E-state index contributed by atoms with van der Waals surface area (Å²) < 4.78 is 5.53. The summed E-state index contributed by atoms with van der Waals surface area (Å²) >= 11 is 7.34. The number of anilines is 1. The fraction of sp³-hybridized carbons (Fsp3) is 0.211. The minimum atomic E-state index is -0.429. The Labute approximate surface area is 165 Å². The molecule has 8 heteroatoms. The number of thiazole rings is 1. The van der Waals surface area contributed by atoms with Gasteiger partial charge < -0.3 is 15.1 Å². The topological polar surface area (TPSA) is 84.2 Å². The van der Waals surface area contributed by atoms with E-state index < -0.39 is 5.91 Å². The van der Waals surface area contributed by atoms with Crippen LogP contribution in [0.1, 0.15) is 40.5 Å². The van der Waals surface area contributed by atoms with Gasteiger partial charge in [0.2, 0.25) is 0 Å². The molecule has 0 saturated carbocycles. The number of aryl methyl sites for hydroxylation is 1. The summed E-state index contributed by atoms with van der Waals surface area (Å²) in [6, 6.07) is 8.33. The van der Waals surface area contributed by atoms with Crippen molar-refractivity contribution >= 4 is 40.4 Å². The van der Waals surface area contributed by atoms with Crippen molar-refractivity contribution in [1.82, 2.24) is 10.3 Å². The molecule has 27 heavy (non-hydrogen) atoms. The molecule has 2 aromatic heterocycles. The highest BCUT2D eigenvalue weighted by atomic mass is 35.5. The van der Waals surface area contributed by atoms with Gasteiger partial charge in [-0.15, -0.1) is 11.3 Å². The molecule has 0 radical (unpaired) electrons. The van der Waals surface area contributed by atoms with E-state index >= 15 is 0 Å². The van der Waals surface area contributed by atoms with Gasteiger partial charge in [0.1, 0.15) is 11.5 Å². The molecule has 0 fully saturated rings. The second-order valence-electron chi connectivity index (χ2n) is 6.22. The van der Waals surface area contributed by atoms with Crippen molar-refractivity contribution < 1.29 is 14.0 Å². The highest BCUT2D eigenvalue weighted by Gasteiger charge is 2.18. The van der Waals surface area contributed by atoms with E-state index in [0.29, 0.717) is 27.0 Å². The molecule has 0 aliphatic carbocycles. The Morgan fingerprint density at radius 2 is 1.96 bits per heavy atom. The van der Waals surface area contributed by atoms with Crippen molar-refractivity contribution in [2.24, 2.45) is 0 Å². The van der Waals surface area contributed by atoms with Crippen LogP contribution in [0.3, 0.4) is 0 Å². The third kappa shape index (κ3) is 4.56. The average Bonchev–Trinajstić information content (AvgIpc) is 3.23. The number of nitrogens with zero attached hydrogens (tertiary/aromatic N) is 1. The number of benzene rings is 1. The van der Waals surface area contributed by atoms with E-state index in [9.17, 15) is 9.59 Å². The molecule has 6 nitrogen and oxygen atoms in total. The fourth-order valence-corrected chi connectivity index (χ4v) is 3.32. The smallest absolute Gasteiger partial charge is 0.275 e. The number of aromatic nitrogens is 1. The maximum Gasteiger partial charge on any atom is 0.275 e. The monoisotopic (exact) mass is 403 g/mol. The van der Waals surface area contributed by atoms with Crippen molar-refractivity contribution in [3.05, 3.63) is 57.8 Å². The zero-order valence-corrected chi connectivity index (χ0v) is 16.6. The number of amides is 2. The van der Waals surface area contributed by atoms with Crippen molar-refractivity contribution in [2.45, 2.75) is 26.8 Å². The van der Waals surface area contributed by atoms with Gasteiger partial charge in [0.25, 0.3) is 11.8 Å². The van der Waals surface area contributed by atoms with E-state index in [1.165, 1.54) is 17.4 Å². The van der Waals surface area contributed by atoms with E-state index in [0.717, 1.165) is 5.76 Å². The second kappa shape index (κ2) is 7.94. The van der Waals surface area contributed by atoms with Gasteiger partial charge in [0, 0.05) is 16.4 Å². The lowest BCUT2D eigenvalue weighted by Crippen LogP contribution is -2.31. The fourth-order valence-electron chi connectivity index (χ4n) is 2.38. The molecule has 0 bridgehead atoms. The number of carbonyl (C=O) groups excluding carboxylic acids is 2. The number of furan rings is 1. The van der Waals surface area contributed by atoms with E-state index in [2.05, 4.69) is 15.6 Å².